The van der Waals surface area contributed by atoms with Gasteiger partial charge < -0.3 is 19.7 Å². The standard InChI is InChI=1S/C19H23ClN2O3/c1-22(2)16(14-8-4-6-10-17(14)24-3)12-21-19(23)13-25-18-11-7-5-9-15(18)20/h4-11,16H,12-13H2,1-3H3,(H,21,23)/t16-/m1/s1. The first-order chi connectivity index (χ1) is 12.0. The zero-order chi connectivity index (χ0) is 18.2. The number of rotatable bonds is 8. The van der Waals surface area contributed by atoms with Crippen molar-refractivity contribution in [2.75, 3.05) is 34.4 Å². The van der Waals surface area contributed by atoms with Gasteiger partial charge in [-0.2, -0.15) is 0 Å². The molecule has 0 radical (unpaired) electrons. The Kier molecular flexibility index (Phi) is 7.10. The SMILES string of the molecule is COc1ccccc1[C@@H](CNC(=O)COc1ccccc1Cl)N(C)C. The minimum absolute atomic E-state index is 0.0135. The molecule has 1 atom stereocenters. The molecule has 0 heterocycles. The van der Waals surface area contributed by atoms with E-state index < -0.39 is 0 Å². The van der Waals surface area contributed by atoms with Crippen molar-refractivity contribution in [3.05, 3.63) is 59.1 Å². The summed E-state index contributed by atoms with van der Waals surface area (Å²) in [7, 11) is 5.56. The molecule has 5 nitrogen and oxygen atoms in total. The van der Waals surface area contributed by atoms with Crippen LogP contribution in [0.3, 0.4) is 0 Å². The predicted molar refractivity (Wildman–Crippen MR) is 99.4 cm³/mol. The smallest absolute Gasteiger partial charge is 0.258 e. The van der Waals surface area contributed by atoms with Gasteiger partial charge in [0.05, 0.1) is 18.2 Å². The Hall–Kier alpha value is -2.24. The number of para-hydroxylation sites is 2. The first-order valence-corrected chi connectivity index (χ1v) is 8.34. The Labute approximate surface area is 153 Å². The third kappa shape index (κ3) is 5.37. The lowest BCUT2D eigenvalue weighted by molar-refractivity contribution is -0.123. The van der Waals surface area contributed by atoms with Crippen LogP contribution in [0.25, 0.3) is 0 Å². The zero-order valence-corrected chi connectivity index (χ0v) is 15.4. The molecule has 0 aromatic heterocycles. The Morgan fingerprint density at radius 1 is 1.12 bits per heavy atom. The average Bonchev–Trinajstić information content (AvgIpc) is 2.61. The summed E-state index contributed by atoms with van der Waals surface area (Å²) in [6.45, 7) is 0.355. The largest absolute Gasteiger partial charge is 0.496 e. The van der Waals surface area contributed by atoms with Gasteiger partial charge in [0.1, 0.15) is 11.5 Å². The van der Waals surface area contributed by atoms with Gasteiger partial charge in [0.15, 0.2) is 6.61 Å². The second-order valence-corrected chi connectivity index (χ2v) is 6.15. The van der Waals surface area contributed by atoms with Gasteiger partial charge in [-0.1, -0.05) is 41.9 Å². The van der Waals surface area contributed by atoms with E-state index in [0.29, 0.717) is 17.3 Å². The van der Waals surface area contributed by atoms with E-state index in [2.05, 4.69) is 5.32 Å². The van der Waals surface area contributed by atoms with E-state index >= 15 is 0 Å². The Bertz CT molecular complexity index is 707. The van der Waals surface area contributed by atoms with Gasteiger partial charge in [-0.3, -0.25) is 4.79 Å². The highest BCUT2D eigenvalue weighted by molar-refractivity contribution is 6.32. The molecule has 0 fully saturated rings. The van der Waals surface area contributed by atoms with Crippen molar-refractivity contribution in [1.82, 2.24) is 10.2 Å². The molecule has 0 bridgehead atoms. The van der Waals surface area contributed by atoms with Crippen molar-refractivity contribution in [2.45, 2.75) is 6.04 Å². The summed E-state index contributed by atoms with van der Waals surface area (Å²) in [5, 5.41) is 3.38. The number of amides is 1. The lowest BCUT2D eigenvalue weighted by atomic mass is 10.0. The summed E-state index contributed by atoms with van der Waals surface area (Å²) in [4.78, 5) is 14.1. The third-order valence-corrected chi connectivity index (χ3v) is 4.12. The zero-order valence-electron chi connectivity index (χ0n) is 14.7. The van der Waals surface area contributed by atoms with Crippen molar-refractivity contribution in [3.8, 4) is 11.5 Å². The molecule has 0 aliphatic carbocycles. The normalized spacial score (nSPS) is 11.9. The number of halogens is 1. The van der Waals surface area contributed by atoms with Crippen molar-refractivity contribution >= 4 is 17.5 Å². The lowest BCUT2D eigenvalue weighted by Crippen LogP contribution is -2.37. The molecule has 1 amide bonds. The van der Waals surface area contributed by atoms with E-state index in [1.807, 2.05) is 55.4 Å². The van der Waals surface area contributed by atoms with Gasteiger partial charge in [0, 0.05) is 12.1 Å². The fraction of sp³-hybridized carbons (Fsp3) is 0.316. The first kappa shape index (κ1) is 19.1. The Morgan fingerprint density at radius 2 is 1.76 bits per heavy atom. The van der Waals surface area contributed by atoms with Crippen LogP contribution in [0.1, 0.15) is 11.6 Å². The van der Waals surface area contributed by atoms with Crippen LogP contribution in [0, 0.1) is 0 Å². The van der Waals surface area contributed by atoms with Gasteiger partial charge in [-0.15, -0.1) is 0 Å². The number of carbonyl (C=O) groups is 1. The van der Waals surface area contributed by atoms with Crippen LogP contribution in [-0.2, 0) is 4.79 Å². The number of methoxy groups -OCH3 is 1. The molecule has 6 heteroatoms. The molecule has 2 rings (SSSR count). The van der Waals surface area contributed by atoms with Gasteiger partial charge in [-0.05, 0) is 32.3 Å². The maximum absolute atomic E-state index is 12.1. The molecule has 0 unspecified atom stereocenters. The number of likely N-dealkylation sites (N-methyl/N-ethyl adjacent to an activating group) is 1. The van der Waals surface area contributed by atoms with Crippen LogP contribution in [0.2, 0.25) is 5.02 Å². The van der Waals surface area contributed by atoms with Crippen molar-refractivity contribution in [2.24, 2.45) is 0 Å². The first-order valence-electron chi connectivity index (χ1n) is 7.96. The van der Waals surface area contributed by atoms with Crippen molar-refractivity contribution in [3.63, 3.8) is 0 Å². The lowest BCUT2D eigenvalue weighted by Gasteiger charge is -2.26. The fourth-order valence-corrected chi connectivity index (χ4v) is 2.67. The predicted octanol–water partition coefficient (Wildman–Crippen LogP) is 3.15. The summed E-state index contributed by atoms with van der Waals surface area (Å²) in [5.74, 6) is 1.08. The molecular formula is C19H23ClN2O3. The highest BCUT2D eigenvalue weighted by atomic mass is 35.5. The van der Waals surface area contributed by atoms with Crippen LogP contribution in [0.4, 0.5) is 0 Å². The van der Waals surface area contributed by atoms with E-state index in [4.69, 9.17) is 21.1 Å². The maximum atomic E-state index is 12.1. The number of benzene rings is 2. The molecule has 2 aromatic carbocycles. The maximum Gasteiger partial charge on any atom is 0.258 e. The topological polar surface area (TPSA) is 50.8 Å². The molecule has 0 aliphatic heterocycles. The van der Waals surface area contributed by atoms with Crippen molar-refractivity contribution in [1.29, 1.82) is 0 Å². The van der Waals surface area contributed by atoms with E-state index in [-0.39, 0.29) is 18.6 Å². The Balaban J connectivity index is 1.95. The highest BCUT2D eigenvalue weighted by Gasteiger charge is 2.19. The summed E-state index contributed by atoms with van der Waals surface area (Å²) in [5.41, 5.74) is 1.02. The Morgan fingerprint density at radius 3 is 2.40 bits per heavy atom. The molecule has 1 N–H and O–H groups in total. The van der Waals surface area contributed by atoms with Crippen LogP contribution in [0.15, 0.2) is 48.5 Å². The molecule has 0 aliphatic rings. The molecule has 0 spiro atoms. The summed E-state index contributed by atoms with van der Waals surface area (Å²) in [6, 6.07) is 14.8. The van der Waals surface area contributed by atoms with Gasteiger partial charge in [0.25, 0.3) is 5.91 Å². The van der Waals surface area contributed by atoms with Crippen LogP contribution in [0.5, 0.6) is 11.5 Å². The number of hydrogen-bond donors (Lipinski definition) is 1. The second-order valence-electron chi connectivity index (χ2n) is 5.74. The number of ether oxygens (including phenoxy) is 2. The summed E-state index contributed by atoms with van der Waals surface area (Å²) >= 11 is 6.01. The molecule has 0 saturated heterocycles. The number of hydrogen-bond acceptors (Lipinski definition) is 4. The summed E-state index contributed by atoms with van der Waals surface area (Å²) < 4.78 is 10.9. The van der Waals surface area contributed by atoms with E-state index in [1.54, 1.807) is 19.2 Å². The highest BCUT2D eigenvalue weighted by Crippen LogP contribution is 2.27. The monoisotopic (exact) mass is 362 g/mol. The molecular weight excluding hydrogens is 340 g/mol. The molecule has 0 saturated carbocycles. The number of nitrogens with one attached hydrogen (secondary N) is 1. The van der Waals surface area contributed by atoms with Crippen LogP contribution in [-0.4, -0.2) is 45.2 Å². The number of nitrogens with zero attached hydrogens (tertiary/aromatic N) is 1. The van der Waals surface area contributed by atoms with Gasteiger partial charge >= 0.3 is 0 Å². The van der Waals surface area contributed by atoms with Crippen LogP contribution >= 0.6 is 11.6 Å². The van der Waals surface area contributed by atoms with Gasteiger partial charge in [0.2, 0.25) is 0 Å². The van der Waals surface area contributed by atoms with Crippen molar-refractivity contribution < 1.29 is 14.3 Å². The van der Waals surface area contributed by atoms with E-state index in [0.717, 1.165) is 11.3 Å². The van der Waals surface area contributed by atoms with E-state index in [9.17, 15) is 4.79 Å². The quantitative estimate of drug-likeness (QED) is 0.783. The average molecular weight is 363 g/mol. The van der Waals surface area contributed by atoms with Gasteiger partial charge in [-0.25, -0.2) is 0 Å². The molecule has 2 aromatic rings. The van der Waals surface area contributed by atoms with E-state index in [1.165, 1.54) is 0 Å². The third-order valence-electron chi connectivity index (χ3n) is 3.81. The summed E-state index contributed by atoms with van der Waals surface area (Å²) in [6.07, 6.45) is 0. The molecule has 134 valence electrons. The minimum Gasteiger partial charge on any atom is -0.496 e. The molecule has 25 heavy (non-hydrogen) atoms. The fourth-order valence-electron chi connectivity index (χ4n) is 2.48. The second kappa shape index (κ2) is 9.30. The minimum atomic E-state index is -0.207. The number of carbonyl (C=O) groups excluding carboxylic acids is 1. The van der Waals surface area contributed by atoms with Crippen LogP contribution < -0.4 is 14.8 Å².